The Morgan fingerprint density at radius 1 is 1.03 bits per heavy atom. The largest absolute Gasteiger partial charge is 0.497 e. The molecule has 7 nitrogen and oxygen atoms in total. The number of amides is 1. The van der Waals surface area contributed by atoms with E-state index in [-0.39, 0.29) is 17.3 Å². The zero-order chi connectivity index (χ0) is 20.7. The van der Waals surface area contributed by atoms with Crippen molar-refractivity contribution in [2.24, 2.45) is 0 Å². The molecule has 1 amide bonds. The number of methoxy groups -OCH3 is 1. The number of carbonyl (C=O) groups is 1. The summed E-state index contributed by atoms with van der Waals surface area (Å²) in [6.07, 6.45) is 2.39. The van der Waals surface area contributed by atoms with Gasteiger partial charge in [-0.25, -0.2) is 13.1 Å². The first-order valence-corrected chi connectivity index (χ1v) is 10.5. The van der Waals surface area contributed by atoms with Crippen molar-refractivity contribution in [1.29, 1.82) is 0 Å². The second-order valence-corrected chi connectivity index (χ2v) is 8.09. The first-order chi connectivity index (χ1) is 14.0. The normalized spacial score (nSPS) is 11.2. The monoisotopic (exact) mass is 414 g/mol. The molecule has 8 heteroatoms. The molecular weight excluding hydrogens is 392 g/mol. The lowest BCUT2D eigenvalue weighted by molar-refractivity contribution is -0.116. The fourth-order valence-corrected chi connectivity index (χ4v) is 3.65. The van der Waals surface area contributed by atoms with Crippen LogP contribution in [-0.4, -0.2) is 21.4 Å². The number of carbonyl (C=O) groups excluding carboxylic acids is 1. The van der Waals surface area contributed by atoms with Crippen molar-refractivity contribution in [3.63, 3.8) is 0 Å². The second-order valence-electron chi connectivity index (χ2n) is 6.32. The lowest BCUT2D eigenvalue weighted by Gasteiger charge is -2.08. The lowest BCUT2D eigenvalue weighted by Crippen LogP contribution is -2.23. The summed E-state index contributed by atoms with van der Waals surface area (Å²) in [6, 6.07) is 16.9. The summed E-state index contributed by atoms with van der Waals surface area (Å²) in [4.78, 5) is 12.3. The fourth-order valence-electron chi connectivity index (χ4n) is 2.65. The van der Waals surface area contributed by atoms with E-state index in [1.165, 1.54) is 18.4 Å². The van der Waals surface area contributed by atoms with Crippen molar-refractivity contribution in [3.05, 3.63) is 78.3 Å². The van der Waals surface area contributed by atoms with E-state index in [1.54, 1.807) is 31.4 Å². The Bertz CT molecular complexity index is 1030. The molecule has 0 aliphatic carbocycles. The average molecular weight is 414 g/mol. The van der Waals surface area contributed by atoms with Crippen molar-refractivity contribution in [2.45, 2.75) is 24.3 Å². The van der Waals surface area contributed by atoms with Gasteiger partial charge in [-0.15, -0.1) is 0 Å². The van der Waals surface area contributed by atoms with Gasteiger partial charge < -0.3 is 14.5 Å². The highest BCUT2D eigenvalue weighted by atomic mass is 32.2. The number of nitrogens with one attached hydrogen (secondary N) is 2. The van der Waals surface area contributed by atoms with Crippen molar-refractivity contribution in [1.82, 2.24) is 4.72 Å². The summed E-state index contributed by atoms with van der Waals surface area (Å²) in [5.41, 5.74) is 1.57. The molecule has 0 atom stereocenters. The van der Waals surface area contributed by atoms with Crippen LogP contribution in [0.15, 0.2) is 76.2 Å². The Labute approximate surface area is 169 Å². The van der Waals surface area contributed by atoms with Crippen molar-refractivity contribution in [3.8, 4) is 5.75 Å². The van der Waals surface area contributed by atoms with Gasteiger partial charge >= 0.3 is 0 Å². The molecule has 1 heterocycles. The van der Waals surface area contributed by atoms with E-state index in [0.29, 0.717) is 24.3 Å². The van der Waals surface area contributed by atoms with E-state index in [1.807, 2.05) is 24.3 Å². The first-order valence-electron chi connectivity index (χ1n) is 9.01. The maximum atomic E-state index is 12.3. The molecule has 0 fully saturated rings. The number of sulfonamides is 1. The summed E-state index contributed by atoms with van der Waals surface area (Å²) < 4.78 is 37.3. The summed E-state index contributed by atoms with van der Waals surface area (Å²) in [6.45, 7) is 0.0686. The number of rotatable bonds is 9. The molecular formula is C21H22N2O5S. The number of hydrogen-bond donors (Lipinski definition) is 2. The highest BCUT2D eigenvalue weighted by Gasteiger charge is 2.14. The minimum Gasteiger partial charge on any atom is -0.497 e. The molecule has 0 aliphatic rings. The van der Waals surface area contributed by atoms with Crippen LogP contribution < -0.4 is 14.8 Å². The van der Waals surface area contributed by atoms with Gasteiger partial charge in [0, 0.05) is 12.1 Å². The molecule has 0 unspecified atom stereocenters. The average Bonchev–Trinajstić information content (AvgIpc) is 3.25. The van der Waals surface area contributed by atoms with Crippen LogP contribution >= 0.6 is 0 Å². The third kappa shape index (κ3) is 5.94. The quantitative estimate of drug-likeness (QED) is 0.560. The minimum atomic E-state index is -3.67. The van der Waals surface area contributed by atoms with Crippen LogP contribution in [0.3, 0.4) is 0 Å². The van der Waals surface area contributed by atoms with Crippen molar-refractivity contribution >= 4 is 21.6 Å². The van der Waals surface area contributed by atoms with Gasteiger partial charge in [-0.3, -0.25) is 4.79 Å². The molecule has 29 heavy (non-hydrogen) atoms. The Balaban J connectivity index is 1.51. The van der Waals surface area contributed by atoms with E-state index in [0.717, 1.165) is 11.3 Å². The topological polar surface area (TPSA) is 97.6 Å². The van der Waals surface area contributed by atoms with Gasteiger partial charge in [0.25, 0.3) is 0 Å². The zero-order valence-corrected chi connectivity index (χ0v) is 16.7. The van der Waals surface area contributed by atoms with Crippen molar-refractivity contribution < 1.29 is 22.4 Å². The number of benzene rings is 2. The third-order valence-electron chi connectivity index (χ3n) is 4.26. The molecule has 0 saturated heterocycles. The summed E-state index contributed by atoms with van der Waals surface area (Å²) in [5, 5.41) is 2.77. The van der Waals surface area contributed by atoms with Crippen LogP contribution in [0.25, 0.3) is 0 Å². The van der Waals surface area contributed by atoms with Crippen LogP contribution in [0.5, 0.6) is 5.75 Å². The van der Waals surface area contributed by atoms with E-state index in [9.17, 15) is 13.2 Å². The van der Waals surface area contributed by atoms with Crippen LogP contribution in [-0.2, 0) is 27.8 Å². The molecule has 0 saturated carbocycles. The predicted molar refractivity (Wildman–Crippen MR) is 109 cm³/mol. The molecule has 2 N–H and O–H groups in total. The molecule has 1 aromatic heterocycles. The van der Waals surface area contributed by atoms with Gasteiger partial charge in [-0.05, 0) is 60.5 Å². The Morgan fingerprint density at radius 3 is 2.38 bits per heavy atom. The molecule has 0 radical (unpaired) electrons. The molecule has 3 aromatic rings. The van der Waals surface area contributed by atoms with Gasteiger partial charge in [-0.1, -0.05) is 12.1 Å². The van der Waals surface area contributed by atoms with E-state index in [4.69, 9.17) is 9.15 Å². The van der Waals surface area contributed by atoms with E-state index < -0.39 is 10.0 Å². The minimum absolute atomic E-state index is 0.0686. The number of hydrogen-bond acceptors (Lipinski definition) is 5. The Hall–Kier alpha value is -3.10. The Morgan fingerprint density at radius 2 is 1.76 bits per heavy atom. The van der Waals surface area contributed by atoms with E-state index >= 15 is 0 Å². The lowest BCUT2D eigenvalue weighted by atomic mass is 10.1. The second kappa shape index (κ2) is 9.40. The number of aryl methyl sites for hydroxylation is 1. The van der Waals surface area contributed by atoms with Crippen LogP contribution in [0.1, 0.15) is 17.7 Å². The SMILES string of the molecule is COc1ccc(CCC(=O)Nc2ccc(S(=O)(=O)NCc3ccco3)cc2)cc1. The fraction of sp³-hybridized carbons (Fsp3) is 0.190. The molecule has 0 spiro atoms. The molecule has 0 aliphatic heterocycles. The van der Waals surface area contributed by atoms with Crippen molar-refractivity contribution in [2.75, 3.05) is 12.4 Å². The summed E-state index contributed by atoms with van der Waals surface area (Å²) in [5.74, 6) is 1.15. The van der Waals surface area contributed by atoms with Gasteiger partial charge in [0.05, 0.1) is 24.8 Å². The van der Waals surface area contributed by atoms with Gasteiger partial charge in [0.15, 0.2) is 0 Å². The third-order valence-corrected chi connectivity index (χ3v) is 5.68. The molecule has 3 rings (SSSR count). The van der Waals surface area contributed by atoms with Gasteiger partial charge in [-0.2, -0.15) is 0 Å². The Kier molecular flexibility index (Phi) is 6.69. The van der Waals surface area contributed by atoms with E-state index in [2.05, 4.69) is 10.0 Å². The molecule has 2 aromatic carbocycles. The first kappa shape index (κ1) is 20.6. The highest BCUT2D eigenvalue weighted by molar-refractivity contribution is 7.89. The standard InChI is InChI=1S/C21H22N2O5S/c1-27-18-9-4-16(5-10-18)6-13-21(24)23-17-7-11-20(12-8-17)29(25,26)22-15-19-3-2-14-28-19/h2-5,7-12,14,22H,6,13,15H2,1H3,(H,23,24). The number of ether oxygens (including phenoxy) is 1. The summed E-state index contributed by atoms with van der Waals surface area (Å²) in [7, 11) is -2.06. The van der Waals surface area contributed by atoms with Gasteiger partial charge in [0.2, 0.25) is 15.9 Å². The number of anilines is 1. The predicted octanol–water partition coefficient (Wildman–Crippen LogP) is 3.34. The number of furan rings is 1. The zero-order valence-electron chi connectivity index (χ0n) is 15.9. The molecule has 152 valence electrons. The smallest absolute Gasteiger partial charge is 0.240 e. The van der Waals surface area contributed by atoms with Crippen LogP contribution in [0, 0.1) is 0 Å². The highest BCUT2D eigenvalue weighted by Crippen LogP contribution is 2.16. The summed E-state index contributed by atoms with van der Waals surface area (Å²) >= 11 is 0. The van der Waals surface area contributed by atoms with Crippen LogP contribution in [0.2, 0.25) is 0 Å². The van der Waals surface area contributed by atoms with Gasteiger partial charge in [0.1, 0.15) is 11.5 Å². The van der Waals surface area contributed by atoms with Crippen LogP contribution in [0.4, 0.5) is 5.69 Å². The molecule has 0 bridgehead atoms. The maximum absolute atomic E-state index is 12.3. The maximum Gasteiger partial charge on any atom is 0.240 e.